The molecule has 2 N–H and O–H groups in total. The quantitative estimate of drug-likeness (QED) is 0.188. The second-order valence-electron chi connectivity index (χ2n) is 12.0. The van der Waals surface area contributed by atoms with Gasteiger partial charge in [-0.3, -0.25) is 15.0 Å². The number of nitrogens with one attached hydrogen (secondary N) is 1. The normalized spacial score (nSPS) is 14.4. The van der Waals surface area contributed by atoms with Gasteiger partial charge in [-0.05, 0) is 61.3 Å². The lowest BCUT2D eigenvalue weighted by Crippen LogP contribution is -2.31. The van der Waals surface area contributed by atoms with Crippen molar-refractivity contribution in [1.29, 1.82) is 5.41 Å². The van der Waals surface area contributed by atoms with Crippen molar-refractivity contribution < 1.29 is 33.3 Å². The van der Waals surface area contributed by atoms with E-state index < -0.39 is 11.8 Å². The number of carboxylic acids is 1. The Morgan fingerprint density at radius 2 is 1.72 bits per heavy atom. The third kappa shape index (κ3) is 7.60. The number of carbonyl (C=O) groups is 2. The van der Waals surface area contributed by atoms with Crippen LogP contribution in [0.4, 0.5) is 10.1 Å². The summed E-state index contributed by atoms with van der Waals surface area (Å²) in [6.07, 6.45) is 4.36. The highest BCUT2D eigenvalue weighted by Crippen LogP contribution is 2.42. The average Bonchev–Trinajstić information content (AvgIpc) is 3.58. The van der Waals surface area contributed by atoms with Gasteiger partial charge < -0.3 is 29.1 Å². The molecule has 0 atom stereocenters. The molecule has 2 aromatic rings. The molecule has 0 amide bonds. The molecule has 1 fully saturated rings. The second kappa shape index (κ2) is 14.4. The van der Waals surface area contributed by atoms with Gasteiger partial charge in [-0.2, -0.15) is 0 Å². The maximum Gasteiger partial charge on any atom is 0.303 e. The van der Waals surface area contributed by atoms with Crippen LogP contribution in [0.2, 0.25) is 0 Å². The maximum absolute atomic E-state index is 15.3. The number of fused-ring (bicyclic) bond motifs is 1. The van der Waals surface area contributed by atoms with Crippen LogP contribution >= 0.6 is 17.0 Å². The number of benzene rings is 2. The minimum Gasteiger partial charge on any atom is -0.493 e. The van der Waals surface area contributed by atoms with Crippen LogP contribution in [-0.4, -0.2) is 68.1 Å². The molecule has 0 spiro atoms. The lowest BCUT2D eigenvalue weighted by atomic mass is 9.84. The van der Waals surface area contributed by atoms with Crippen LogP contribution in [0.1, 0.15) is 86.3 Å². The summed E-state index contributed by atoms with van der Waals surface area (Å²) in [6, 6.07) is 5.44. The van der Waals surface area contributed by atoms with Gasteiger partial charge in [0.1, 0.15) is 11.6 Å². The molecule has 43 heavy (non-hydrogen) atoms. The van der Waals surface area contributed by atoms with Crippen molar-refractivity contribution in [2.45, 2.75) is 71.3 Å². The first-order valence-corrected chi connectivity index (χ1v) is 14.5. The summed E-state index contributed by atoms with van der Waals surface area (Å²) in [7, 11) is 2.79. The van der Waals surface area contributed by atoms with E-state index in [4.69, 9.17) is 24.7 Å². The van der Waals surface area contributed by atoms with Gasteiger partial charge in [0, 0.05) is 37.2 Å². The molecule has 0 bridgehead atoms. The molecule has 11 heteroatoms. The highest BCUT2D eigenvalue weighted by Gasteiger charge is 2.34. The molecule has 0 radical (unpaired) electrons. The molecule has 4 rings (SSSR count). The predicted molar refractivity (Wildman–Crippen MR) is 170 cm³/mol. The van der Waals surface area contributed by atoms with E-state index >= 15 is 4.39 Å². The number of methoxy groups -OCH3 is 2. The first-order valence-electron chi connectivity index (χ1n) is 14.5. The van der Waals surface area contributed by atoms with E-state index in [9.17, 15) is 9.59 Å². The Bertz CT molecular complexity index is 1350. The van der Waals surface area contributed by atoms with Gasteiger partial charge >= 0.3 is 5.97 Å². The summed E-state index contributed by atoms with van der Waals surface area (Å²) >= 11 is 0. The largest absolute Gasteiger partial charge is 0.493 e. The summed E-state index contributed by atoms with van der Waals surface area (Å²) in [5, 5.41) is 17.6. The minimum atomic E-state index is -0.792. The van der Waals surface area contributed by atoms with E-state index in [0.717, 1.165) is 55.8 Å². The summed E-state index contributed by atoms with van der Waals surface area (Å²) in [4.78, 5) is 28.4. The highest BCUT2D eigenvalue weighted by atomic mass is 79.9. The van der Waals surface area contributed by atoms with E-state index in [2.05, 4.69) is 25.7 Å². The van der Waals surface area contributed by atoms with Crippen molar-refractivity contribution in [3.05, 3.63) is 46.3 Å². The lowest BCUT2D eigenvalue weighted by molar-refractivity contribution is -0.137. The third-order valence-electron chi connectivity index (χ3n) is 7.87. The number of anilines is 1. The number of hydrogen-bond acceptors (Lipinski definition) is 7. The van der Waals surface area contributed by atoms with Crippen molar-refractivity contribution in [3.8, 4) is 17.2 Å². The fourth-order valence-corrected chi connectivity index (χ4v) is 5.63. The Balaban J connectivity index is 0.00000506. The van der Waals surface area contributed by atoms with Crippen LogP contribution in [0.25, 0.3) is 0 Å². The van der Waals surface area contributed by atoms with Crippen LogP contribution in [-0.2, 0) is 16.8 Å². The molecule has 2 aliphatic rings. The van der Waals surface area contributed by atoms with E-state index in [-0.39, 0.29) is 70.6 Å². The zero-order valence-corrected chi connectivity index (χ0v) is 27.4. The lowest BCUT2D eigenvalue weighted by Gasteiger charge is -2.30. The van der Waals surface area contributed by atoms with Gasteiger partial charge in [-0.15, -0.1) is 17.0 Å². The molecule has 2 aromatic carbocycles. The number of hydrogen-bond donors (Lipinski definition) is 2. The molecule has 9 nitrogen and oxygen atoms in total. The number of unbranched alkanes of at least 4 members (excludes halogenated alkanes) is 2. The number of carboxylic acid groups (broad SMARTS) is 1. The molecular formula is C32H43BrFN3O6. The molecule has 0 aromatic heterocycles. The Hall–Kier alpha value is -3.34. The van der Waals surface area contributed by atoms with Crippen molar-refractivity contribution in [2.24, 2.45) is 0 Å². The van der Waals surface area contributed by atoms with Crippen LogP contribution < -0.4 is 19.1 Å². The molecule has 1 saturated heterocycles. The smallest absolute Gasteiger partial charge is 0.303 e. The average molecular weight is 665 g/mol. The summed E-state index contributed by atoms with van der Waals surface area (Å²) in [5.74, 6) is -0.730. The Labute approximate surface area is 263 Å². The third-order valence-corrected chi connectivity index (χ3v) is 7.87. The molecular weight excluding hydrogens is 621 g/mol. The number of rotatable bonds is 13. The Morgan fingerprint density at radius 3 is 2.33 bits per heavy atom. The maximum atomic E-state index is 15.3. The Morgan fingerprint density at radius 1 is 1.02 bits per heavy atom. The molecule has 0 unspecified atom stereocenters. The van der Waals surface area contributed by atoms with Crippen LogP contribution in [0.5, 0.6) is 17.2 Å². The fraction of sp³-hybridized carbons (Fsp3) is 0.531. The summed E-state index contributed by atoms with van der Waals surface area (Å²) in [6.45, 7) is 8.58. The molecule has 0 saturated carbocycles. The van der Waals surface area contributed by atoms with Gasteiger partial charge in [0.05, 0.1) is 38.6 Å². The van der Waals surface area contributed by atoms with E-state index in [1.54, 1.807) is 11.0 Å². The first kappa shape index (κ1) is 34.2. The monoisotopic (exact) mass is 663 g/mol. The van der Waals surface area contributed by atoms with E-state index in [1.807, 2.05) is 12.1 Å². The second-order valence-corrected chi connectivity index (χ2v) is 12.0. The van der Waals surface area contributed by atoms with Crippen LogP contribution in [0.15, 0.2) is 18.2 Å². The molecule has 2 heterocycles. The zero-order valence-electron chi connectivity index (χ0n) is 25.7. The summed E-state index contributed by atoms with van der Waals surface area (Å²) in [5.41, 5.74) is 2.70. The zero-order chi connectivity index (χ0) is 30.6. The summed E-state index contributed by atoms with van der Waals surface area (Å²) < 4.78 is 32.1. The van der Waals surface area contributed by atoms with Crippen molar-refractivity contribution >= 4 is 40.3 Å². The predicted octanol–water partition coefficient (Wildman–Crippen LogP) is 6.37. The van der Waals surface area contributed by atoms with Crippen LogP contribution in [0, 0.1) is 11.2 Å². The van der Waals surface area contributed by atoms with Gasteiger partial charge in [0.2, 0.25) is 0 Å². The van der Waals surface area contributed by atoms with E-state index in [1.165, 1.54) is 14.2 Å². The number of amidine groups is 1. The first-order chi connectivity index (χ1) is 20.0. The number of Topliss-reactive ketones (excluding diaryl/α,β-unsaturated/α-hetero) is 1. The fourth-order valence-electron chi connectivity index (χ4n) is 5.63. The van der Waals surface area contributed by atoms with E-state index in [0.29, 0.717) is 24.2 Å². The van der Waals surface area contributed by atoms with Crippen LogP contribution in [0.3, 0.4) is 0 Å². The van der Waals surface area contributed by atoms with Crippen molar-refractivity contribution in [3.63, 3.8) is 0 Å². The molecule has 2 aliphatic heterocycles. The Kier molecular flexibility index (Phi) is 11.5. The van der Waals surface area contributed by atoms with Gasteiger partial charge in [0.25, 0.3) is 0 Å². The topological polar surface area (TPSA) is 112 Å². The van der Waals surface area contributed by atoms with Gasteiger partial charge in [-0.1, -0.05) is 20.8 Å². The SMILES string of the molecule is Br.COc1cc2c(c(F)c1OC)C(=N)N(CC(=O)c1cc(N3CCCC3)c(OCCCCCC(=O)O)c(C(C)(C)C)c1)C2. The van der Waals surface area contributed by atoms with Crippen molar-refractivity contribution in [2.75, 3.05) is 45.4 Å². The standard InChI is InChI=1S/C32H42FN3O6.BrH/c1-32(2,3)22-15-20(16-23(35-12-8-9-13-35)29(22)42-14-10-6-7-11-26(38)39)24(37)19-36-18-21-17-25(40-4)30(41-5)28(33)27(21)31(36)34;/h15-17,34H,6-14,18-19H2,1-5H3,(H,38,39);1H. The number of aliphatic carboxylic acids is 1. The molecule has 236 valence electrons. The highest BCUT2D eigenvalue weighted by molar-refractivity contribution is 8.93. The number of ketones is 1. The number of halogens is 2. The van der Waals surface area contributed by atoms with Gasteiger partial charge in [-0.25, -0.2) is 4.39 Å². The van der Waals surface area contributed by atoms with Crippen molar-refractivity contribution in [1.82, 2.24) is 4.90 Å². The number of carbonyl (C=O) groups excluding carboxylic acids is 1. The molecule has 0 aliphatic carbocycles. The minimum absolute atomic E-state index is 0. The number of nitrogens with zero attached hydrogens (tertiary/aromatic N) is 2. The van der Waals surface area contributed by atoms with Gasteiger partial charge in [0.15, 0.2) is 23.1 Å². The number of ether oxygens (including phenoxy) is 3.